The first-order valence-corrected chi connectivity index (χ1v) is 7.35. The van der Waals surface area contributed by atoms with Crippen molar-refractivity contribution in [2.75, 3.05) is 18.0 Å². The molecule has 21 heavy (non-hydrogen) atoms. The third-order valence-electron chi connectivity index (χ3n) is 3.79. The topological polar surface area (TPSA) is 25.4 Å². The number of piperidine rings is 1. The number of hydrogen-bond donors (Lipinski definition) is 0. The van der Waals surface area contributed by atoms with Crippen LogP contribution in [-0.2, 0) is 0 Å². The summed E-state index contributed by atoms with van der Waals surface area (Å²) in [5, 5.41) is 0. The van der Waals surface area contributed by atoms with Gasteiger partial charge in [-0.25, -0.2) is 4.39 Å². The van der Waals surface area contributed by atoms with E-state index in [1.807, 2.05) is 6.07 Å². The van der Waals surface area contributed by atoms with E-state index in [0.29, 0.717) is 23.1 Å². The maximum absolute atomic E-state index is 14.3. The molecule has 1 aromatic heterocycles. The van der Waals surface area contributed by atoms with E-state index in [4.69, 9.17) is 4.74 Å². The molecule has 1 aliphatic heterocycles. The van der Waals surface area contributed by atoms with Gasteiger partial charge in [0.2, 0.25) is 0 Å². The minimum absolute atomic E-state index is 0.231. The Hall–Kier alpha value is -2.10. The fraction of sp³-hybridized carbons (Fsp3) is 0.353. The third kappa shape index (κ3) is 3.32. The maximum atomic E-state index is 14.3. The molecule has 3 nitrogen and oxygen atoms in total. The Morgan fingerprint density at radius 1 is 1.29 bits per heavy atom. The van der Waals surface area contributed by atoms with Crippen LogP contribution in [0.25, 0.3) is 0 Å². The molecule has 1 aromatic carbocycles. The van der Waals surface area contributed by atoms with Gasteiger partial charge in [-0.3, -0.25) is 4.98 Å². The van der Waals surface area contributed by atoms with Gasteiger partial charge in [-0.05, 0) is 43.0 Å². The van der Waals surface area contributed by atoms with Gasteiger partial charge in [0.15, 0.2) is 0 Å². The van der Waals surface area contributed by atoms with Gasteiger partial charge in [0, 0.05) is 25.4 Å². The zero-order valence-electron chi connectivity index (χ0n) is 12.1. The molecule has 1 unspecified atom stereocenters. The van der Waals surface area contributed by atoms with Gasteiger partial charge in [-0.1, -0.05) is 6.92 Å². The first kappa shape index (κ1) is 13.9. The van der Waals surface area contributed by atoms with Crippen molar-refractivity contribution in [2.24, 2.45) is 5.92 Å². The van der Waals surface area contributed by atoms with Gasteiger partial charge < -0.3 is 9.64 Å². The summed E-state index contributed by atoms with van der Waals surface area (Å²) in [4.78, 5) is 6.10. The zero-order chi connectivity index (χ0) is 14.7. The molecular weight excluding hydrogens is 267 g/mol. The van der Waals surface area contributed by atoms with Crippen LogP contribution < -0.4 is 9.64 Å². The predicted octanol–water partition coefficient (Wildman–Crippen LogP) is 4.25. The van der Waals surface area contributed by atoms with Crippen molar-refractivity contribution in [1.29, 1.82) is 0 Å². The Morgan fingerprint density at radius 3 is 2.90 bits per heavy atom. The minimum atomic E-state index is -0.231. The molecule has 0 saturated carbocycles. The van der Waals surface area contributed by atoms with Gasteiger partial charge in [0.1, 0.15) is 17.3 Å². The highest BCUT2D eigenvalue weighted by Gasteiger charge is 2.19. The van der Waals surface area contributed by atoms with Crippen molar-refractivity contribution in [2.45, 2.75) is 19.8 Å². The number of pyridine rings is 1. The Labute approximate surface area is 124 Å². The number of hydrogen-bond acceptors (Lipinski definition) is 3. The van der Waals surface area contributed by atoms with E-state index in [-0.39, 0.29) is 5.82 Å². The third-order valence-corrected chi connectivity index (χ3v) is 3.79. The van der Waals surface area contributed by atoms with E-state index in [1.54, 1.807) is 30.6 Å². The lowest BCUT2D eigenvalue weighted by atomic mass is 10.00. The molecule has 1 atom stereocenters. The molecule has 0 bridgehead atoms. The summed E-state index contributed by atoms with van der Waals surface area (Å²) in [5.41, 5.74) is 0.667. The van der Waals surface area contributed by atoms with E-state index < -0.39 is 0 Å². The summed E-state index contributed by atoms with van der Waals surface area (Å²) in [5.74, 6) is 1.49. The molecule has 0 N–H and O–H groups in total. The molecule has 2 heterocycles. The summed E-state index contributed by atoms with van der Waals surface area (Å²) in [6, 6.07) is 8.64. The molecular formula is C17H19FN2O. The second kappa shape index (κ2) is 6.12. The smallest absolute Gasteiger partial charge is 0.150 e. The van der Waals surface area contributed by atoms with Crippen LogP contribution in [-0.4, -0.2) is 18.1 Å². The van der Waals surface area contributed by atoms with Crippen LogP contribution in [0.1, 0.15) is 19.8 Å². The lowest BCUT2D eigenvalue weighted by Gasteiger charge is -2.33. The van der Waals surface area contributed by atoms with Crippen LogP contribution in [0.5, 0.6) is 11.5 Å². The summed E-state index contributed by atoms with van der Waals surface area (Å²) >= 11 is 0. The molecule has 3 rings (SSSR count). The maximum Gasteiger partial charge on any atom is 0.150 e. The Morgan fingerprint density at radius 2 is 2.19 bits per heavy atom. The van der Waals surface area contributed by atoms with Crippen LogP contribution in [0, 0.1) is 11.7 Å². The van der Waals surface area contributed by atoms with Crippen molar-refractivity contribution in [1.82, 2.24) is 4.98 Å². The molecule has 0 spiro atoms. The molecule has 1 aliphatic rings. The zero-order valence-corrected chi connectivity index (χ0v) is 12.1. The molecule has 110 valence electrons. The van der Waals surface area contributed by atoms with Gasteiger partial charge >= 0.3 is 0 Å². The minimum Gasteiger partial charge on any atom is -0.456 e. The number of nitrogens with zero attached hydrogens (tertiary/aromatic N) is 2. The van der Waals surface area contributed by atoms with Crippen LogP contribution in [0.4, 0.5) is 10.1 Å². The molecule has 0 radical (unpaired) electrons. The number of ether oxygens (including phenoxy) is 1. The number of halogens is 1. The van der Waals surface area contributed by atoms with Crippen LogP contribution in [0.3, 0.4) is 0 Å². The highest BCUT2D eigenvalue weighted by Crippen LogP contribution is 2.29. The largest absolute Gasteiger partial charge is 0.456 e. The van der Waals surface area contributed by atoms with Crippen molar-refractivity contribution < 1.29 is 9.13 Å². The number of rotatable bonds is 3. The van der Waals surface area contributed by atoms with Gasteiger partial charge in [-0.15, -0.1) is 0 Å². The van der Waals surface area contributed by atoms with E-state index in [2.05, 4.69) is 16.8 Å². The van der Waals surface area contributed by atoms with Crippen molar-refractivity contribution >= 4 is 5.69 Å². The lowest BCUT2D eigenvalue weighted by molar-refractivity contribution is 0.440. The van der Waals surface area contributed by atoms with Crippen molar-refractivity contribution in [3.05, 3.63) is 48.5 Å². The normalized spacial score (nSPS) is 18.6. The number of aromatic nitrogens is 1. The first-order valence-electron chi connectivity index (χ1n) is 7.35. The predicted molar refractivity (Wildman–Crippen MR) is 81.3 cm³/mol. The molecule has 4 heteroatoms. The Balaban J connectivity index is 1.76. The molecule has 1 saturated heterocycles. The highest BCUT2D eigenvalue weighted by molar-refractivity contribution is 5.51. The standard InChI is InChI=1S/C17H19FN2O/c1-13-4-3-9-20(12-13)17-7-6-14(10-16(17)18)21-15-5-2-8-19-11-15/h2,5-8,10-11,13H,3-4,9,12H2,1H3. The monoisotopic (exact) mass is 286 g/mol. The van der Waals surface area contributed by atoms with Crippen LogP contribution in [0.15, 0.2) is 42.7 Å². The summed E-state index contributed by atoms with van der Waals surface area (Å²) < 4.78 is 19.9. The average molecular weight is 286 g/mol. The quantitative estimate of drug-likeness (QED) is 0.843. The van der Waals surface area contributed by atoms with Crippen LogP contribution in [0.2, 0.25) is 0 Å². The molecule has 0 aliphatic carbocycles. The van der Waals surface area contributed by atoms with Crippen molar-refractivity contribution in [3.8, 4) is 11.5 Å². The summed E-state index contributed by atoms with van der Waals surface area (Å²) in [7, 11) is 0. The first-order chi connectivity index (χ1) is 10.2. The van der Waals surface area contributed by atoms with E-state index in [1.165, 1.54) is 12.5 Å². The molecule has 1 fully saturated rings. The fourth-order valence-corrected chi connectivity index (χ4v) is 2.76. The van der Waals surface area contributed by atoms with Crippen LogP contribution >= 0.6 is 0 Å². The average Bonchev–Trinajstić information content (AvgIpc) is 2.48. The molecule has 2 aromatic rings. The second-order valence-electron chi connectivity index (χ2n) is 5.60. The number of benzene rings is 1. The van der Waals surface area contributed by atoms with Gasteiger partial charge in [-0.2, -0.15) is 0 Å². The highest BCUT2D eigenvalue weighted by atomic mass is 19.1. The SMILES string of the molecule is CC1CCCN(c2ccc(Oc3cccnc3)cc2F)C1. The van der Waals surface area contributed by atoms with E-state index >= 15 is 0 Å². The van der Waals surface area contributed by atoms with Gasteiger partial charge in [0.05, 0.1) is 11.9 Å². The Bertz CT molecular complexity index is 603. The number of anilines is 1. The Kier molecular flexibility index (Phi) is 4.04. The van der Waals surface area contributed by atoms with E-state index in [9.17, 15) is 4.39 Å². The van der Waals surface area contributed by atoms with E-state index in [0.717, 1.165) is 19.5 Å². The second-order valence-corrected chi connectivity index (χ2v) is 5.60. The lowest BCUT2D eigenvalue weighted by Crippen LogP contribution is -2.34. The summed E-state index contributed by atoms with van der Waals surface area (Å²) in [6.07, 6.45) is 5.63. The summed E-state index contributed by atoms with van der Waals surface area (Å²) in [6.45, 7) is 4.05. The van der Waals surface area contributed by atoms with Gasteiger partial charge in [0.25, 0.3) is 0 Å². The fourth-order valence-electron chi connectivity index (χ4n) is 2.76. The van der Waals surface area contributed by atoms with Crippen molar-refractivity contribution in [3.63, 3.8) is 0 Å². The molecule has 0 amide bonds.